The van der Waals surface area contributed by atoms with Gasteiger partial charge in [-0.3, -0.25) is 5.41 Å². The SMILES string of the molecule is N=c1ccccn1Cc1cnc(Cl)s1. The van der Waals surface area contributed by atoms with E-state index >= 15 is 0 Å². The number of hydrogen-bond donors (Lipinski definition) is 1. The maximum Gasteiger partial charge on any atom is 0.183 e. The highest BCUT2D eigenvalue weighted by Crippen LogP contribution is 2.17. The van der Waals surface area contributed by atoms with Gasteiger partial charge in [0.1, 0.15) is 5.49 Å². The predicted molar refractivity (Wildman–Crippen MR) is 56.5 cm³/mol. The number of aromatic nitrogens is 2. The number of thiazole rings is 1. The van der Waals surface area contributed by atoms with Crippen LogP contribution in [0.5, 0.6) is 0 Å². The molecule has 0 bridgehead atoms. The van der Waals surface area contributed by atoms with Crippen LogP contribution in [0.15, 0.2) is 30.6 Å². The van der Waals surface area contributed by atoms with Gasteiger partial charge in [0.15, 0.2) is 4.47 Å². The Balaban J connectivity index is 2.27. The summed E-state index contributed by atoms with van der Waals surface area (Å²) in [6.45, 7) is 0.657. The van der Waals surface area contributed by atoms with Gasteiger partial charge >= 0.3 is 0 Å². The Bertz CT molecular complexity index is 489. The number of rotatable bonds is 2. The van der Waals surface area contributed by atoms with Gasteiger partial charge in [0, 0.05) is 17.3 Å². The van der Waals surface area contributed by atoms with Crippen LogP contribution in [-0.2, 0) is 6.54 Å². The Labute approximate surface area is 90.1 Å². The van der Waals surface area contributed by atoms with E-state index in [0.717, 1.165) is 4.88 Å². The van der Waals surface area contributed by atoms with Gasteiger partial charge < -0.3 is 4.57 Å². The standard InChI is InChI=1S/C9H8ClN3S/c10-9-12-5-7(14-9)6-13-4-2-1-3-8(13)11/h1-5,11H,6H2. The van der Waals surface area contributed by atoms with E-state index < -0.39 is 0 Å². The first-order chi connectivity index (χ1) is 6.75. The third-order valence-corrected chi connectivity index (χ3v) is 2.89. The zero-order chi connectivity index (χ0) is 9.97. The van der Waals surface area contributed by atoms with Gasteiger partial charge in [-0.2, -0.15) is 0 Å². The van der Waals surface area contributed by atoms with Crippen molar-refractivity contribution in [2.24, 2.45) is 0 Å². The summed E-state index contributed by atoms with van der Waals surface area (Å²) in [6.07, 6.45) is 3.61. The maximum atomic E-state index is 7.64. The van der Waals surface area contributed by atoms with Crippen LogP contribution in [-0.4, -0.2) is 9.55 Å². The van der Waals surface area contributed by atoms with E-state index in [0.29, 0.717) is 16.5 Å². The lowest BCUT2D eigenvalue weighted by molar-refractivity contribution is 0.739. The van der Waals surface area contributed by atoms with Crippen LogP contribution in [0.3, 0.4) is 0 Å². The van der Waals surface area contributed by atoms with Crippen LogP contribution < -0.4 is 5.49 Å². The number of halogens is 1. The second-order valence-corrected chi connectivity index (χ2v) is 4.49. The number of pyridine rings is 1. The molecule has 0 aliphatic heterocycles. The molecule has 0 radical (unpaired) electrons. The monoisotopic (exact) mass is 225 g/mol. The van der Waals surface area contributed by atoms with Crippen LogP contribution in [0.2, 0.25) is 4.47 Å². The molecule has 0 aromatic carbocycles. The molecule has 0 aliphatic rings. The Morgan fingerprint density at radius 2 is 2.36 bits per heavy atom. The quantitative estimate of drug-likeness (QED) is 0.836. The molecule has 0 saturated carbocycles. The third kappa shape index (κ3) is 2.02. The molecule has 72 valence electrons. The van der Waals surface area contributed by atoms with Gasteiger partial charge in [0.25, 0.3) is 0 Å². The minimum absolute atomic E-state index is 0.483. The molecule has 0 saturated heterocycles. The molecule has 0 unspecified atom stereocenters. The minimum Gasteiger partial charge on any atom is -0.328 e. The highest BCUT2D eigenvalue weighted by molar-refractivity contribution is 7.15. The van der Waals surface area contributed by atoms with Crippen molar-refractivity contribution in [3.8, 4) is 0 Å². The fourth-order valence-corrected chi connectivity index (χ4v) is 2.12. The predicted octanol–water partition coefficient (Wildman–Crippen LogP) is 2.13. The van der Waals surface area contributed by atoms with Crippen LogP contribution >= 0.6 is 22.9 Å². The molecule has 2 aromatic rings. The zero-order valence-electron chi connectivity index (χ0n) is 7.27. The molecule has 0 spiro atoms. The first kappa shape index (κ1) is 9.43. The van der Waals surface area contributed by atoms with Crippen molar-refractivity contribution >= 4 is 22.9 Å². The summed E-state index contributed by atoms with van der Waals surface area (Å²) >= 11 is 7.16. The fourth-order valence-electron chi connectivity index (χ4n) is 1.14. The zero-order valence-corrected chi connectivity index (χ0v) is 8.85. The summed E-state index contributed by atoms with van der Waals surface area (Å²) in [6, 6.07) is 5.50. The van der Waals surface area contributed by atoms with Gasteiger partial charge in [-0.25, -0.2) is 4.98 Å². The van der Waals surface area contributed by atoms with Gasteiger partial charge in [0.2, 0.25) is 0 Å². The Morgan fingerprint density at radius 1 is 1.50 bits per heavy atom. The summed E-state index contributed by atoms with van der Waals surface area (Å²) in [4.78, 5) is 5.01. The van der Waals surface area contributed by atoms with Crippen LogP contribution in [0.4, 0.5) is 0 Å². The number of nitrogens with one attached hydrogen (secondary N) is 1. The average molecular weight is 226 g/mol. The lowest BCUT2D eigenvalue weighted by Crippen LogP contribution is -2.17. The van der Waals surface area contributed by atoms with Crippen molar-refractivity contribution < 1.29 is 0 Å². The summed E-state index contributed by atoms with van der Waals surface area (Å²) in [5.41, 5.74) is 0.483. The molecule has 2 aromatic heterocycles. The van der Waals surface area contributed by atoms with Crippen molar-refractivity contribution in [3.63, 3.8) is 0 Å². The molecule has 0 fully saturated rings. The molecule has 1 N–H and O–H groups in total. The normalized spacial score (nSPS) is 10.4. The summed E-state index contributed by atoms with van der Waals surface area (Å²) < 4.78 is 2.38. The Hall–Kier alpha value is -1.13. The van der Waals surface area contributed by atoms with Crippen LogP contribution in [0.1, 0.15) is 4.88 Å². The van der Waals surface area contributed by atoms with Crippen molar-refractivity contribution in [3.05, 3.63) is 45.4 Å². The second kappa shape index (κ2) is 3.94. The molecular weight excluding hydrogens is 218 g/mol. The minimum atomic E-state index is 0.483. The third-order valence-electron chi connectivity index (χ3n) is 1.79. The van der Waals surface area contributed by atoms with E-state index in [9.17, 15) is 0 Å². The van der Waals surface area contributed by atoms with Crippen molar-refractivity contribution in [2.75, 3.05) is 0 Å². The first-order valence-corrected chi connectivity index (χ1v) is 5.25. The first-order valence-electron chi connectivity index (χ1n) is 4.06. The fraction of sp³-hybridized carbons (Fsp3) is 0.111. The maximum absolute atomic E-state index is 7.64. The number of hydrogen-bond acceptors (Lipinski definition) is 3. The molecule has 0 amide bonds. The summed E-state index contributed by atoms with van der Waals surface area (Å²) in [7, 11) is 0. The van der Waals surface area contributed by atoms with Gasteiger partial charge in [-0.1, -0.05) is 17.7 Å². The molecule has 0 aliphatic carbocycles. The van der Waals surface area contributed by atoms with Gasteiger partial charge in [-0.05, 0) is 12.1 Å². The molecule has 5 heteroatoms. The summed E-state index contributed by atoms with van der Waals surface area (Å²) in [5, 5.41) is 7.64. The van der Waals surface area contributed by atoms with Gasteiger partial charge in [-0.15, -0.1) is 11.3 Å². The molecule has 0 atom stereocenters. The summed E-state index contributed by atoms with van der Waals surface area (Å²) in [5.74, 6) is 0. The highest BCUT2D eigenvalue weighted by atomic mass is 35.5. The largest absolute Gasteiger partial charge is 0.328 e. The topological polar surface area (TPSA) is 41.7 Å². The second-order valence-electron chi connectivity index (χ2n) is 2.79. The lowest BCUT2D eigenvalue weighted by Gasteiger charge is -2.02. The molecule has 3 nitrogen and oxygen atoms in total. The van der Waals surface area contributed by atoms with E-state index in [1.54, 1.807) is 12.3 Å². The molecular formula is C9H8ClN3S. The van der Waals surface area contributed by atoms with Crippen LogP contribution in [0.25, 0.3) is 0 Å². The molecule has 14 heavy (non-hydrogen) atoms. The van der Waals surface area contributed by atoms with Gasteiger partial charge in [0.05, 0.1) is 6.54 Å². The van der Waals surface area contributed by atoms with Crippen molar-refractivity contribution in [1.82, 2.24) is 9.55 Å². The van der Waals surface area contributed by atoms with E-state index in [-0.39, 0.29) is 0 Å². The van der Waals surface area contributed by atoms with Crippen LogP contribution in [0, 0.1) is 5.41 Å². The molecule has 2 rings (SSSR count). The van der Waals surface area contributed by atoms with E-state index in [2.05, 4.69) is 4.98 Å². The smallest absolute Gasteiger partial charge is 0.183 e. The van der Waals surface area contributed by atoms with Crippen molar-refractivity contribution in [1.29, 1.82) is 5.41 Å². The lowest BCUT2D eigenvalue weighted by atomic mass is 10.4. The Kier molecular flexibility index (Phi) is 2.65. The Morgan fingerprint density at radius 3 is 3.00 bits per heavy atom. The highest BCUT2D eigenvalue weighted by Gasteiger charge is 1.99. The van der Waals surface area contributed by atoms with E-state index in [1.165, 1.54) is 11.3 Å². The average Bonchev–Trinajstić information content (AvgIpc) is 2.56. The molecule has 2 heterocycles. The van der Waals surface area contributed by atoms with Crippen molar-refractivity contribution in [2.45, 2.75) is 6.54 Å². The number of nitrogens with zero attached hydrogens (tertiary/aromatic N) is 2. The van der Waals surface area contributed by atoms with E-state index in [4.69, 9.17) is 17.0 Å². The van der Waals surface area contributed by atoms with E-state index in [1.807, 2.05) is 22.9 Å².